The molecule has 0 heterocycles. The van der Waals surface area contributed by atoms with Gasteiger partial charge in [-0.3, -0.25) is 0 Å². The second kappa shape index (κ2) is 6.55. The predicted octanol–water partition coefficient (Wildman–Crippen LogP) is 2.85. The van der Waals surface area contributed by atoms with Crippen molar-refractivity contribution in [3.05, 3.63) is 28.2 Å². The first-order valence-electron chi connectivity index (χ1n) is 6.54. The topological polar surface area (TPSA) is 41.5 Å². The summed E-state index contributed by atoms with van der Waals surface area (Å²) in [7, 11) is 0. The molecule has 2 unspecified atom stereocenters. The van der Waals surface area contributed by atoms with Gasteiger partial charge in [0.15, 0.2) is 0 Å². The number of halogens is 1. The van der Waals surface area contributed by atoms with Crippen LogP contribution in [0, 0.1) is 0 Å². The van der Waals surface area contributed by atoms with E-state index in [2.05, 4.69) is 34.2 Å². The number of rotatable bonds is 5. The molecule has 100 valence electrons. The van der Waals surface area contributed by atoms with Crippen LogP contribution in [0.4, 0.5) is 0 Å². The highest BCUT2D eigenvalue weighted by atomic mass is 79.9. The highest BCUT2D eigenvalue weighted by Gasteiger charge is 2.27. The van der Waals surface area contributed by atoms with Crippen molar-refractivity contribution in [1.29, 1.82) is 0 Å². The molecule has 0 aromatic heterocycles. The van der Waals surface area contributed by atoms with Crippen molar-refractivity contribution in [2.75, 3.05) is 6.54 Å². The molecule has 0 bridgehead atoms. The fourth-order valence-electron chi connectivity index (χ4n) is 2.27. The molecule has 0 spiro atoms. The molecular formula is C14H20BrNO2. The summed E-state index contributed by atoms with van der Waals surface area (Å²) in [6, 6.07) is 6.02. The third kappa shape index (κ3) is 3.46. The molecule has 1 saturated carbocycles. The molecule has 4 heteroatoms. The summed E-state index contributed by atoms with van der Waals surface area (Å²) in [6.45, 7) is 3.80. The fraction of sp³-hybridized carbons (Fsp3) is 0.571. The third-order valence-electron chi connectivity index (χ3n) is 3.28. The number of aliphatic hydroxyl groups excluding tert-OH is 1. The van der Waals surface area contributed by atoms with E-state index in [1.54, 1.807) is 0 Å². The number of nitrogens with one attached hydrogen (secondary N) is 1. The van der Waals surface area contributed by atoms with Crippen LogP contribution in [0.3, 0.4) is 0 Å². The van der Waals surface area contributed by atoms with E-state index in [1.165, 1.54) is 0 Å². The molecule has 0 amide bonds. The highest BCUT2D eigenvalue weighted by Crippen LogP contribution is 2.29. The molecule has 1 aromatic carbocycles. The zero-order chi connectivity index (χ0) is 13.0. The Hall–Kier alpha value is -0.580. The normalized spacial score (nSPS) is 23.3. The van der Waals surface area contributed by atoms with Crippen LogP contribution in [0.15, 0.2) is 22.7 Å². The van der Waals surface area contributed by atoms with Crippen LogP contribution in [-0.4, -0.2) is 23.9 Å². The zero-order valence-electron chi connectivity index (χ0n) is 10.7. The lowest BCUT2D eigenvalue weighted by molar-refractivity contribution is 0.0597. The minimum Gasteiger partial charge on any atom is -0.487 e. The Morgan fingerprint density at radius 2 is 2.28 bits per heavy atom. The lowest BCUT2D eigenvalue weighted by Gasteiger charge is -2.20. The first-order chi connectivity index (χ1) is 8.70. The smallest absolute Gasteiger partial charge is 0.124 e. The summed E-state index contributed by atoms with van der Waals surface area (Å²) < 4.78 is 7.01. The van der Waals surface area contributed by atoms with Crippen LogP contribution in [0.2, 0.25) is 0 Å². The van der Waals surface area contributed by atoms with Crippen LogP contribution in [0.5, 0.6) is 5.75 Å². The van der Waals surface area contributed by atoms with Gasteiger partial charge < -0.3 is 15.2 Å². The quantitative estimate of drug-likeness (QED) is 0.878. The Bertz CT molecular complexity index is 397. The largest absolute Gasteiger partial charge is 0.487 e. The van der Waals surface area contributed by atoms with Gasteiger partial charge in [-0.05, 0) is 44.0 Å². The Kier molecular flexibility index (Phi) is 5.03. The van der Waals surface area contributed by atoms with Crippen LogP contribution < -0.4 is 10.1 Å². The number of benzene rings is 1. The van der Waals surface area contributed by atoms with E-state index < -0.39 is 0 Å². The number of hydrogen-bond acceptors (Lipinski definition) is 3. The number of aliphatic hydroxyl groups is 1. The molecule has 1 aliphatic rings. The monoisotopic (exact) mass is 313 g/mol. The van der Waals surface area contributed by atoms with Gasteiger partial charge >= 0.3 is 0 Å². The van der Waals surface area contributed by atoms with Gasteiger partial charge in [0.1, 0.15) is 11.9 Å². The maximum Gasteiger partial charge on any atom is 0.124 e. The lowest BCUT2D eigenvalue weighted by atomic mass is 10.2. The Morgan fingerprint density at radius 1 is 1.44 bits per heavy atom. The molecule has 1 aromatic rings. The second-order valence-corrected chi connectivity index (χ2v) is 5.60. The number of ether oxygens (including phenoxy) is 1. The average Bonchev–Trinajstić information content (AvgIpc) is 2.75. The van der Waals surface area contributed by atoms with E-state index in [0.717, 1.165) is 48.1 Å². The van der Waals surface area contributed by atoms with Gasteiger partial charge in [-0.1, -0.05) is 22.9 Å². The highest BCUT2D eigenvalue weighted by molar-refractivity contribution is 9.10. The summed E-state index contributed by atoms with van der Waals surface area (Å²) in [5, 5.41) is 13.1. The van der Waals surface area contributed by atoms with Crippen molar-refractivity contribution in [1.82, 2.24) is 5.32 Å². The molecule has 2 atom stereocenters. The van der Waals surface area contributed by atoms with Gasteiger partial charge in [-0.15, -0.1) is 0 Å². The molecule has 1 aliphatic carbocycles. The lowest BCUT2D eigenvalue weighted by Crippen LogP contribution is -2.26. The summed E-state index contributed by atoms with van der Waals surface area (Å²) >= 11 is 3.48. The van der Waals surface area contributed by atoms with Crippen LogP contribution in [-0.2, 0) is 6.54 Å². The molecule has 1 fully saturated rings. The number of hydrogen-bond donors (Lipinski definition) is 2. The summed E-state index contributed by atoms with van der Waals surface area (Å²) in [4.78, 5) is 0. The Morgan fingerprint density at radius 3 is 2.94 bits per heavy atom. The van der Waals surface area contributed by atoms with Crippen molar-refractivity contribution in [3.8, 4) is 5.75 Å². The first kappa shape index (κ1) is 13.8. The third-order valence-corrected chi connectivity index (χ3v) is 3.78. The van der Waals surface area contributed by atoms with Gasteiger partial charge in [-0.25, -0.2) is 0 Å². The minimum absolute atomic E-state index is 0.0495. The maximum atomic E-state index is 9.82. The van der Waals surface area contributed by atoms with E-state index in [1.807, 2.05) is 12.1 Å². The molecule has 3 nitrogen and oxygen atoms in total. The SMILES string of the molecule is CCNCc1cc(Br)ccc1OC1CCCC1O. The standard InChI is InChI=1S/C14H20BrNO2/c1-2-16-9-10-8-11(15)6-7-13(10)18-14-5-3-4-12(14)17/h6-8,12,14,16-17H,2-5,9H2,1H3. The van der Waals surface area contributed by atoms with Crippen molar-refractivity contribution in [3.63, 3.8) is 0 Å². The zero-order valence-corrected chi connectivity index (χ0v) is 12.2. The van der Waals surface area contributed by atoms with E-state index >= 15 is 0 Å². The van der Waals surface area contributed by atoms with Gasteiger partial charge in [0.25, 0.3) is 0 Å². The van der Waals surface area contributed by atoms with E-state index in [9.17, 15) is 5.11 Å². The van der Waals surface area contributed by atoms with Gasteiger partial charge in [0, 0.05) is 16.6 Å². The molecule has 18 heavy (non-hydrogen) atoms. The van der Waals surface area contributed by atoms with E-state index in [4.69, 9.17) is 4.74 Å². The molecule has 2 rings (SSSR count). The van der Waals surface area contributed by atoms with Crippen LogP contribution >= 0.6 is 15.9 Å². The molecule has 2 N–H and O–H groups in total. The van der Waals surface area contributed by atoms with Gasteiger partial charge in [0.2, 0.25) is 0 Å². The summed E-state index contributed by atoms with van der Waals surface area (Å²) in [5.41, 5.74) is 1.13. The van der Waals surface area contributed by atoms with Crippen molar-refractivity contribution < 1.29 is 9.84 Å². The van der Waals surface area contributed by atoms with Gasteiger partial charge in [-0.2, -0.15) is 0 Å². The predicted molar refractivity (Wildman–Crippen MR) is 75.8 cm³/mol. The Balaban J connectivity index is 2.10. The second-order valence-electron chi connectivity index (χ2n) is 4.69. The van der Waals surface area contributed by atoms with Gasteiger partial charge in [0.05, 0.1) is 6.10 Å². The summed E-state index contributed by atoms with van der Waals surface area (Å²) in [6.07, 6.45) is 2.47. The first-order valence-corrected chi connectivity index (χ1v) is 7.34. The molecule has 0 radical (unpaired) electrons. The minimum atomic E-state index is -0.319. The summed E-state index contributed by atoms with van der Waals surface area (Å²) in [5.74, 6) is 0.880. The van der Waals surface area contributed by atoms with Crippen molar-refractivity contribution in [2.24, 2.45) is 0 Å². The maximum absolute atomic E-state index is 9.82. The van der Waals surface area contributed by atoms with Crippen LogP contribution in [0.25, 0.3) is 0 Å². The molecule has 0 saturated heterocycles. The van der Waals surface area contributed by atoms with E-state index in [0.29, 0.717) is 0 Å². The van der Waals surface area contributed by atoms with Crippen molar-refractivity contribution in [2.45, 2.75) is 44.9 Å². The molecule has 0 aliphatic heterocycles. The average molecular weight is 314 g/mol. The molecular weight excluding hydrogens is 294 g/mol. The Labute approximate surface area is 117 Å². The van der Waals surface area contributed by atoms with E-state index in [-0.39, 0.29) is 12.2 Å². The fourth-order valence-corrected chi connectivity index (χ4v) is 2.68. The van der Waals surface area contributed by atoms with Crippen molar-refractivity contribution >= 4 is 15.9 Å². The van der Waals surface area contributed by atoms with Crippen LogP contribution in [0.1, 0.15) is 31.7 Å².